The molecule has 4 heterocycles. The van der Waals surface area contributed by atoms with Gasteiger partial charge in [0.25, 0.3) is 11.5 Å². The lowest BCUT2D eigenvalue weighted by molar-refractivity contribution is -0.138. The molecule has 0 saturated carbocycles. The first-order chi connectivity index (χ1) is 20.3. The third-order valence-electron chi connectivity index (χ3n) is 7.99. The second-order valence-electron chi connectivity index (χ2n) is 11.0. The lowest BCUT2D eigenvalue weighted by Gasteiger charge is -2.39. The lowest BCUT2D eigenvalue weighted by Crippen LogP contribution is -2.50. The van der Waals surface area contributed by atoms with Gasteiger partial charge in [0.1, 0.15) is 5.82 Å². The fraction of sp³-hybridized carbons (Fsp3) is 0.448. The molecule has 3 aromatic rings. The van der Waals surface area contributed by atoms with Crippen molar-refractivity contribution in [3.63, 3.8) is 0 Å². The van der Waals surface area contributed by atoms with Crippen LogP contribution >= 0.6 is 0 Å². The first-order valence-electron chi connectivity index (χ1n) is 13.9. The number of benzene rings is 1. The molecule has 1 aromatic carbocycles. The molecule has 0 radical (unpaired) electrons. The number of amides is 1. The Balaban J connectivity index is 1.55. The summed E-state index contributed by atoms with van der Waals surface area (Å²) in [6, 6.07) is 3.21. The van der Waals surface area contributed by atoms with E-state index in [2.05, 4.69) is 20.2 Å². The predicted octanol–water partition coefficient (Wildman–Crippen LogP) is 3.62. The number of ether oxygens (including phenoxy) is 1. The van der Waals surface area contributed by atoms with Crippen LogP contribution in [0, 0.1) is 5.82 Å². The normalized spacial score (nSPS) is 19.9. The van der Waals surface area contributed by atoms with Gasteiger partial charge in [-0.2, -0.15) is 13.2 Å². The summed E-state index contributed by atoms with van der Waals surface area (Å²) in [4.78, 5) is 40.2. The van der Waals surface area contributed by atoms with Gasteiger partial charge >= 0.3 is 6.18 Å². The first-order valence-corrected chi connectivity index (χ1v) is 13.9. The number of rotatable bonds is 5. The van der Waals surface area contributed by atoms with Crippen LogP contribution in [0.1, 0.15) is 29.8 Å². The number of morpholine rings is 1. The summed E-state index contributed by atoms with van der Waals surface area (Å²) < 4.78 is 63.6. The number of alkyl halides is 3. The van der Waals surface area contributed by atoms with Gasteiger partial charge in [-0.25, -0.2) is 14.4 Å². The number of halogens is 4. The molecule has 2 aliphatic rings. The molecule has 0 spiro atoms. The summed E-state index contributed by atoms with van der Waals surface area (Å²) in [7, 11) is 3.22. The van der Waals surface area contributed by atoms with E-state index in [9.17, 15) is 22.8 Å². The molecule has 2 aromatic heterocycles. The summed E-state index contributed by atoms with van der Waals surface area (Å²) in [5.41, 5.74) is -2.15. The van der Waals surface area contributed by atoms with Crippen molar-refractivity contribution in [2.75, 3.05) is 61.6 Å². The zero-order chi connectivity index (χ0) is 31.1. The van der Waals surface area contributed by atoms with Crippen molar-refractivity contribution in [3.05, 3.63) is 64.1 Å². The molecular formula is C29H33F4N7O3. The van der Waals surface area contributed by atoms with Crippen molar-refractivity contribution in [2.24, 2.45) is 7.05 Å². The maximum atomic E-state index is 15.7. The van der Waals surface area contributed by atoms with Crippen molar-refractivity contribution < 1.29 is 27.1 Å². The summed E-state index contributed by atoms with van der Waals surface area (Å²) in [6.07, 6.45) is -1.15. The van der Waals surface area contributed by atoms with Crippen LogP contribution in [-0.2, 0) is 18.0 Å². The Bertz CT molecular complexity index is 1560. The minimum atomic E-state index is -4.94. The highest BCUT2D eigenvalue weighted by Crippen LogP contribution is 2.37. The quantitative estimate of drug-likeness (QED) is 0.442. The molecule has 2 unspecified atom stereocenters. The molecule has 0 aliphatic carbocycles. The number of likely N-dealkylation sites (N-methyl/N-ethyl adjacent to an activating group) is 1. The van der Waals surface area contributed by atoms with Crippen LogP contribution in [0.3, 0.4) is 0 Å². The third-order valence-corrected chi connectivity index (χ3v) is 7.99. The van der Waals surface area contributed by atoms with Crippen LogP contribution in [0.25, 0.3) is 11.1 Å². The van der Waals surface area contributed by atoms with Gasteiger partial charge in [-0.1, -0.05) is 0 Å². The number of aryl methyl sites for hydroxylation is 1. The molecule has 43 heavy (non-hydrogen) atoms. The zero-order valence-corrected chi connectivity index (χ0v) is 24.3. The Morgan fingerprint density at radius 1 is 1.05 bits per heavy atom. The van der Waals surface area contributed by atoms with Crippen molar-refractivity contribution in [1.82, 2.24) is 19.4 Å². The van der Waals surface area contributed by atoms with Gasteiger partial charge in [-0.3, -0.25) is 9.59 Å². The molecular weight excluding hydrogens is 570 g/mol. The zero-order valence-electron chi connectivity index (χ0n) is 24.3. The van der Waals surface area contributed by atoms with Crippen LogP contribution in [0.15, 0.2) is 41.6 Å². The standard InChI is InChI=1S/C29H33F4N7O3/c1-17-14-39(6-5-37(17)3)25-11-23(30)20(19-12-34-28(35-13-19)40-7-8-43-16-18(40)2)9-24(25)36-27(42)21-15-38(4)26(41)10-22(21)29(31,32)33/h9-13,15,17-18H,5-8,14,16H2,1-4H3,(H,36,42). The van der Waals surface area contributed by atoms with Gasteiger partial charge < -0.3 is 29.3 Å². The lowest BCUT2D eigenvalue weighted by atomic mass is 10.0. The smallest absolute Gasteiger partial charge is 0.377 e. The van der Waals surface area contributed by atoms with E-state index in [1.165, 1.54) is 31.6 Å². The van der Waals surface area contributed by atoms with E-state index in [-0.39, 0.29) is 23.3 Å². The number of pyridine rings is 1. The van der Waals surface area contributed by atoms with Gasteiger partial charge in [0, 0.05) is 75.1 Å². The van der Waals surface area contributed by atoms with Crippen molar-refractivity contribution in [1.29, 1.82) is 0 Å². The first kappa shape index (κ1) is 30.4. The van der Waals surface area contributed by atoms with E-state index < -0.39 is 34.6 Å². The molecule has 0 bridgehead atoms. The highest BCUT2D eigenvalue weighted by Gasteiger charge is 2.36. The molecule has 230 valence electrons. The molecule has 2 fully saturated rings. The number of aromatic nitrogens is 3. The molecule has 1 amide bonds. The Morgan fingerprint density at radius 2 is 1.77 bits per heavy atom. The fourth-order valence-corrected chi connectivity index (χ4v) is 5.28. The second kappa shape index (κ2) is 11.9. The predicted molar refractivity (Wildman–Crippen MR) is 154 cm³/mol. The van der Waals surface area contributed by atoms with Gasteiger partial charge in [0.15, 0.2) is 0 Å². The summed E-state index contributed by atoms with van der Waals surface area (Å²) >= 11 is 0. The largest absolute Gasteiger partial charge is 0.417 e. The Hall–Kier alpha value is -4.04. The van der Waals surface area contributed by atoms with E-state index in [1.54, 1.807) is 0 Å². The van der Waals surface area contributed by atoms with Crippen molar-refractivity contribution in [2.45, 2.75) is 32.1 Å². The number of carbonyl (C=O) groups excluding carboxylic acids is 1. The second-order valence-corrected chi connectivity index (χ2v) is 11.0. The highest BCUT2D eigenvalue weighted by atomic mass is 19.4. The number of hydrogen-bond acceptors (Lipinski definition) is 8. The monoisotopic (exact) mass is 603 g/mol. The summed E-state index contributed by atoms with van der Waals surface area (Å²) in [5.74, 6) is -1.23. The third kappa shape index (κ3) is 6.34. The Morgan fingerprint density at radius 3 is 2.42 bits per heavy atom. The average molecular weight is 604 g/mol. The number of anilines is 3. The molecule has 14 heteroatoms. The van der Waals surface area contributed by atoms with E-state index in [4.69, 9.17) is 4.74 Å². The van der Waals surface area contributed by atoms with Crippen LogP contribution in [-0.4, -0.2) is 83.9 Å². The van der Waals surface area contributed by atoms with E-state index in [0.717, 1.165) is 10.8 Å². The van der Waals surface area contributed by atoms with Gasteiger partial charge in [0.2, 0.25) is 5.95 Å². The van der Waals surface area contributed by atoms with Crippen LogP contribution in [0.5, 0.6) is 0 Å². The summed E-state index contributed by atoms with van der Waals surface area (Å²) in [5, 5.41) is 2.58. The SMILES string of the molecule is CC1CN(c2cc(F)c(-c3cnc(N4CCOCC4C)nc3)cc2NC(=O)c2cn(C)c(=O)cc2C(F)(F)F)CCN1C. The topological polar surface area (TPSA) is 95.8 Å². The molecule has 10 nitrogen and oxygen atoms in total. The molecule has 1 N–H and O–H groups in total. The van der Waals surface area contributed by atoms with Gasteiger partial charge in [0.05, 0.1) is 41.8 Å². The minimum absolute atomic E-state index is 0.0579. The Kier molecular flexibility index (Phi) is 8.43. The number of piperazine rings is 1. The fourth-order valence-electron chi connectivity index (χ4n) is 5.28. The summed E-state index contributed by atoms with van der Waals surface area (Å²) in [6.45, 7) is 7.32. The molecule has 2 saturated heterocycles. The van der Waals surface area contributed by atoms with Crippen LogP contribution in [0.4, 0.5) is 34.9 Å². The van der Waals surface area contributed by atoms with E-state index in [0.29, 0.717) is 62.7 Å². The number of nitrogens with one attached hydrogen (secondary N) is 1. The molecule has 5 rings (SSSR count). The molecule has 2 aliphatic heterocycles. The van der Waals surface area contributed by atoms with Crippen LogP contribution in [0.2, 0.25) is 0 Å². The number of hydrogen-bond donors (Lipinski definition) is 1. The van der Waals surface area contributed by atoms with Crippen LogP contribution < -0.4 is 20.7 Å². The van der Waals surface area contributed by atoms with Crippen molar-refractivity contribution in [3.8, 4) is 11.1 Å². The highest BCUT2D eigenvalue weighted by molar-refractivity contribution is 6.07. The maximum absolute atomic E-state index is 15.7. The van der Waals surface area contributed by atoms with E-state index >= 15 is 4.39 Å². The minimum Gasteiger partial charge on any atom is -0.377 e. The van der Waals surface area contributed by atoms with Gasteiger partial charge in [-0.05, 0) is 33.0 Å². The molecule has 2 atom stereocenters. The maximum Gasteiger partial charge on any atom is 0.417 e. The number of nitrogens with zero attached hydrogens (tertiary/aromatic N) is 6. The number of carbonyl (C=O) groups is 1. The Labute approximate surface area is 245 Å². The van der Waals surface area contributed by atoms with Crippen molar-refractivity contribution >= 4 is 23.2 Å². The average Bonchev–Trinajstić information content (AvgIpc) is 2.96. The van der Waals surface area contributed by atoms with Gasteiger partial charge in [-0.15, -0.1) is 0 Å². The van der Waals surface area contributed by atoms with E-state index in [1.807, 2.05) is 30.7 Å².